The predicted octanol–water partition coefficient (Wildman–Crippen LogP) is 0.976. The summed E-state index contributed by atoms with van der Waals surface area (Å²) in [6, 6.07) is 0.169. The molecule has 1 saturated heterocycles. The summed E-state index contributed by atoms with van der Waals surface area (Å²) in [7, 11) is 1.82. The molecule has 0 aromatic heterocycles. The Balaban J connectivity index is 2.37. The van der Waals surface area contributed by atoms with Crippen molar-refractivity contribution in [3.05, 3.63) is 0 Å². The molecule has 0 bridgehead atoms. The highest BCUT2D eigenvalue weighted by atomic mass is 19.1. The van der Waals surface area contributed by atoms with E-state index >= 15 is 0 Å². The minimum absolute atomic E-state index is 0.169. The highest BCUT2D eigenvalue weighted by molar-refractivity contribution is 4.83. The number of nitrogens with zero attached hydrogens (tertiary/aromatic N) is 1. The highest BCUT2D eigenvalue weighted by Crippen LogP contribution is 2.14. The van der Waals surface area contributed by atoms with Gasteiger partial charge in [0.15, 0.2) is 0 Å². The van der Waals surface area contributed by atoms with Gasteiger partial charge in [-0.2, -0.15) is 0 Å². The van der Waals surface area contributed by atoms with Crippen molar-refractivity contribution in [3.63, 3.8) is 0 Å². The molecule has 0 aromatic carbocycles. The first-order valence-electron chi connectivity index (χ1n) is 4.79. The van der Waals surface area contributed by atoms with Crippen LogP contribution in [0.4, 0.5) is 8.78 Å². The maximum absolute atomic E-state index is 13.1. The van der Waals surface area contributed by atoms with Crippen molar-refractivity contribution in [1.29, 1.82) is 0 Å². The number of rotatable bonds is 3. The van der Waals surface area contributed by atoms with Crippen LogP contribution in [0.3, 0.4) is 0 Å². The van der Waals surface area contributed by atoms with Gasteiger partial charge in [-0.3, -0.25) is 4.90 Å². The summed E-state index contributed by atoms with van der Waals surface area (Å²) in [4.78, 5) is 1.85. The standard InChI is InChI=1S/C9H18F2N2/c1-7(10)4-13-5-8(11)3-9(6-13)12-2/h7-9,12H,3-6H2,1-2H3. The van der Waals surface area contributed by atoms with Gasteiger partial charge in [0, 0.05) is 25.7 Å². The monoisotopic (exact) mass is 192 g/mol. The van der Waals surface area contributed by atoms with E-state index in [1.807, 2.05) is 11.9 Å². The molecule has 3 atom stereocenters. The molecule has 3 unspecified atom stereocenters. The molecule has 78 valence electrons. The molecule has 1 aliphatic heterocycles. The van der Waals surface area contributed by atoms with Crippen molar-refractivity contribution in [1.82, 2.24) is 10.2 Å². The van der Waals surface area contributed by atoms with Crippen LogP contribution in [0.25, 0.3) is 0 Å². The van der Waals surface area contributed by atoms with Crippen molar-refractivity contribution in [2.75, 3.05) is 26.7 Å². The van der Waals surface area contributed by atoms with Crippen LogP contribution in [0.2, 0.25) is 0 Å². The minimum Gasteiger partial charge on any atom is -0.316 e. The topological polar surface area (TPSA) is 15.3 Å². The van der Waals surface area contributed by atoms with Crippen molar-refractivity contribution in [2.45, 2.75) is 31.7 Å². The van der Waals surface area contributed by atoms with E-state index in [1.165, 1.54) is 6.92 Å². The first kappa shape index (κ1) is 10.9. The van der Waals surface area contributed by atoms with Gasteiger partial charge in [-0.25, -0.2) is 8.78 Å². The second kappa shape index (κ2) is 4.86. The third kappa shape index (κ3) is 3.56. The van der Waals surface area contributed by atoms with Crippen molar-refractivity contribution >= 4 is 0 Å². The van der Waals surface area contributed by atoms with E-state index in [-0.39, 0.29) is 6.04 Å². The van der Waals surface area contributed by atoms with Gasteiger partial charge >= 0.3 is 0 Å². The first-order chi connectivity index (χ1) is 6.11. The minimum atomic E-state index is -0.872. The lowest BCUT2D eigenvalue weighted by Crippen LogP contribution is -2.50. The van der Waals surface area contributed by atoms with Gasteiger partial charge in [0.05, 0.1) is 0 Å². The Labute approximate surface area is 78.3 Å². The lowest BCUT2D eigenvalue weighted by molar-refractivity contribution is 0.0939. The second-order valence-corrected chi connectivity index (χ2v) is 3.82. The number of piperidine rings is 1. The Hall–Kier alpha value is -0.220. The average Bonchev–Trinajstić information content (AvgIpc) is 2.01. The highest BCUT2D eigenvalue weighted by Gasteiger charge is 2.26. The molecule has 0 saturated carbocycles. The van der Waals surface area contributed by atoms with E-state index in [4.69, 9.17) is 0 Å². The Morgan fingerprint density at radius 3 is 2.77 bits per heavy atom. The van der Waals surface area contributed by atoms with Gasteiger partial charge in [0.1, 0.15) is 12.3 Å². The lowest BCUT2D eigenvalue weighted by atomic mass is 10.0. The zero-order valence-electron chi connectivity index (χ0n) is 8.26. The number of likely N-dealkylation sites (N-methyl/N-ethyl adjacent to an activating group) is 1. The summed E-state index contributed by atoms with van der Waals surface area (Å²) in [5.74, 6) is 0. The molecule has 1 heterocycles. The van der Waals surface area contributed by atoms with Crippen LogP contribution < -0.4 is 5.32 Å². The van der Waals surface area contributed by atoms with Crippen LogP contribution >= 0.6 is 0 Å². The number of halogens is 2. The second-order valence-electron chi connectivity index (χ2n) is 3.82. The van der Waals surface area contributed by atoms with Crippen molar-refractivity contribution < 1.29 is 8.78 Å². The number of alkyl halides is 2. The molecular weight excluding hydrogens is 174 g/mol. The normalized spacial score (nSPS) is 33.2. The fourth-order valence-electron chi connectivity index (χ4n) is 1.84. The van der Waals surface area contributed by atoms with Crippen LogP contribution in [0, 0.1) is 0 Å². The number of hydrogen-bond donors (Lipinski definition) is 1. The van der Waals surface area contributed by atoms with E-state index in [0.29, 0.717) is 19.5 Å². The van der Waals surface area contributed by atoms with Gasteiger partial charge in [-0.05, 0) is 20.4 Å². The molecule has 0 radical (unpaired) electrons. The van der Waals surface area contributed by atoms with E-state index < -0.39 is 12.3 Å². The van der Waals surface area contributed by atoms with E-state index in [0.717, 1.165) is 6.54 Å². The SMILES string of the molecule is CNC1CC(F)CN(CC(C)F)C1. The fourth-order valence-corrected chi connectivity index (χ4v) is 1.84. The molecule has 0 aliphatic carbocycles. The molecule has 1 rings (SSSR count). The summed E-state index contributed by atoms with van der Waals surface area (Å²) in [6.45, 7) is 2.99. The Morgan fingerprint density at radius 2 is 2.23 bits per heavy atom. The Kier molecular flexibility index (Phi) is 4.06. The summed E-state index contributed by atoms with van der Waals surface area (Å²) < 4.78 is 25.8. The van der Waals surface area contributed by atoms with Crippen LogP contribution in [0.1, 0.15) is 13.3 Å². The maximum atomic E-state index is 13.1. The molecule has 1 fully saturated rings. The maximum Gasteiger partial charge on any atom is 0.114 e. The van der Waals surface area contributed by atoms with Crippen LogP contribution in [0.15, 0.2) is 0 Å². The van der Waals surface area contributed by atoms with Crippen LogP contribution in [0.5, 0.6) is 0 Å². The van der Waals surface area contributed by atoms with Crippen LogP contribution in [-0.2, 0) is 0 Å². The molecule has 2 nitrogen and oxygen atoms in total. The third-order valence-electron chi connectivity index (χ3n) is 2.39. The molecule has 0 aromatic rings. The van der Waals surface area contributed by atoms with Gasteiger partial charge < -0.3 is 5.32 Å². The number of nitrogens with one attached hydrogen (secondary N) is 1. The molecule has 0 amide bonds. The predicted molar refractivity (Wildman–Crippen MR) is 49.4 cm³/mol. The van der Waals surface area contributed by atoms with Gasteiger partial charge in [-0.15, -0.1) is 0 Å². The van der Waals surface area contributed by atoms with Crippen molar-refractivity contribution in [2.24, 2.45) is 0 Å². The summed E-state index contributed by atoms with van der Waals surface area (Å²) >= 11 is 0. The smallest absolute Gasteiger partial charge is 0.114 e. The van der Waals surface area contributed by atoms with Crippen molar-refractivity contribution in [3.8, 4) is 0 Å². The number of hydrogen-bond acceptors (Lipinski definition) is 2. The molecule has 1 aliphatic rings. The van der Waals surface area contributed by atoms with E-state index in [9.17, 15) is 8.78 Å². The molecular formula is C9H18F2N2. The zero-order valence-corrected chi connectivity index (χ0v) is 8.26. The van der Waals surface area contributed by atoms with E-state index in [1.54, 1.807) is 0 Å². The van der Waals surface area contributed by atoms with Gasteiger partial charge in [-0.1, -0.05) is 0 Å². The van der Waals surface area contributed by atoms with E-state index in [2.05, 4.69) is 5.32 Å². The molecule has 13 heavy (non-hydrogen) atoms. The average molecular weight is 192 g/mol. The zero-order chi connectivity index (χ0) is 9.84. The quantitative estimate of drug-likeness (QED) is 0.717. The molecule has 1 N–H and O–H groups in total. The molecule has 0 spiro atoms. The largest absolute Gasteiger partial charge is 0.316 e. The molecule has 4 heteroatoms. The number of likely N-dealkylation sites (tertiary alicyclic amines) is 1. The van der Waals surface area contributed by atoms with Crippen LogP contribution in [-0.4, -0.2) is 50.0 Å². The van der Waals surface area contributed by atoms with Gasteiger partial charge in [0.25, 0.3) is 0 Å². The fraction of sp³-hybridized carbons (Fsp3) is 1.00. The first-order valence-corrected chi connectivity index (χ1v) is 4.79. The summed E-state index contributed by atoms with van der Waals surface area (Å²) in [6.07, 6.45) is -1.14. The summed E-state index contributed by atoms with van der Waals surface area (Å²) in [5, 5.41) is 3.03. The summed E-state index contributed by atoms with van der Waals surface area (Å²) in [5.41, 5.74) is 0. The Morgan fingerprint density at radius 1 is 1.54 bits per heavy atom. The third-order valence-corrected chi connectivity index (χ3v) is 2.39. The lowest BCUT2D eigenvalue weighted by Gasteiger charge is -2.34. The Bertz CT molecular complexity index is 151. The van der Waals surface area contributed by atoms with Gasteiger partial charge in [0.2, 0.25) is 0 Å².